The lowest BCUT2D eigenvalue weighted by atomic mass is 10.2. The zero-order valence-electron chi connectivity index (χ0n) is 10.4. The van der Waals surface area contributed by atoms with Crippen LogP contribution in [0, 0.1) is 6.92 Å². The summed E-state index contributed by atoms with van der Waals surface area (Å²) in [4.78, 5) is 19.9. The molecule has 0 fully saturated rings. The summed E-state index contributed by atoms with van der Waals surface area (Å²) in [6.45, 7) is 2.29. The molecule has 0 bridgehead atoms. The number of rotatable bonds is 3. The Balaban J connectivity index is 2.05. The first-order valence-electron chi connectivity index (χ1n) is 5.67. The number of carbonyl (C=O) groups is 1. The number of nitrogens with two attached hydrogens (primary N) is 1. The topological polar surface area (TPSA) is 80.9 Å². The van der Waals surface area contributed by atoms with Crippen molar-refractivity contribution < 1.29 is 4.79 Å². The van der Waals surface area contributed by atoms with Crippen molar-refractivity contribution in [1.29, 1.82) is 0 Å². The van der Waals surface area contributed by atoms with Gasteiger partial charge < -0.3 is 11.1 Å². The molecule has 0 aliphatic carbocycles. The van der Waals surface area contributed by atoms with Crippen molar-refractivity contribution in [2.45, 2.75) is 13.5 Å². The molecule has 0 unspecified atom stereocenters. The number of hydrogen-bond acceptors (Lipinski definition) is 4. The SMILES string of the molecule is Cc1ccc(CNC(=O)c2cc(Cl)ncc2N)cn1. The molecule has 0 aliphatic rings. The molecule has 2 aromatic heterocycles. The van der Waals surface area contributed by atoms with Crippen LogP contribution in [0.4, 0.5) is 5.69 Å². The first kappa shape index (κ1) is 13.3. The number of nitrogens with zero attached hydrogens (tertiary/aromatic N) is 2. The van der Waals surface area contributed by atoms with Crippen LogP contribution in [0.15, 0.2) is 30.6 Å². The van der Waals surface area contributed by atoms with Gasteiger partial charge in [0.15, 0.2) is 0 Å². The quantitative estimate of drug-likeness (QED) is 0.840. The van der Waals surface area contributed by atoms with E-state index in [1.807, 2.05) is 19.1 Å². The Labute approximate surface area is 115 Å². The Hall–Kier alpha value is -2.14. The van der Waals surface area contributed by atoms with Crippen LogP contribution in [0.1, 0.15) is 21.6 Å². The summed E-state index contributed by atoms with van der Waals surface area (Å²) >= 11 is 5.74. The van der Waals surface area contributed by atoms with E-state index in [1.165, 1.54) is 12.3 Å². The van der Waals surface area contributed by atoms with E-state index in [-0.39, 0.29) is 11.1 Å². The molecule has 0 atom stereocenters. The third-order valence-corrected chi connectivity index (χ3v) is 2.78. The summed E-state index contributed by atoms with van der Waals surface area (Å²) in [5, 5.41) is 2.99. The predicted octanol–water partition coefficient (Wildman–Crippen LogP) is 1.95. The molecule has 5 nitrogen and oxygen atoms in total. The van der Waals surface area contributed by atoms with E-state index in [0.29, 0.717) is 17.8 Å². The van der Waals surface area contributed by atoms with Crippen LogP contribution < -0.4 is 11.1 Å². The Morgan fingerprint density at radius 1 is 1.37 bits per heavy atom. The molecule has 0 saturated carbocycles. The summed E-state index contributed by atoms with van der Waals surface area (Å²) in [5.41, 5.74) is 8.14. The van der Waals surface area contributed by atoms with Gasteiger partial charge in [-0.1, -0.05) is 17.7 Å². The Bertz CT molecular complexity index is 598. The lowest BCUT2D eigenvalue weighted by Gasteiger charge is -2.07. The second kappa shape index (κ2) is 5.67. The summed E-state index contributed by atoms with van der Waals surface area (Å²) in [6, 6.07) is 5.24. The molecule has 3 N–H and O–H groups in total. The van der Waals surface area contributed by atoms with Crippen LogP contribution in [0.3, 0.4) is 0 Å². The van der Waals surface area contributed by atoms with Crippen molar-refractivity contribution in [3.8, 4) is 0 Å². The van der Waals surface area contributed by atoms with Gasteiger partial charge in [-0.2, -0.15) is 0 Å². The van der Waals surface area contributed by atoms with E-state index in [2.05, 4.69) is 15.3 Å². The molecule has 6 heteroatoms. The number of nitrogen functional groups attached to an aromatic ring is 1. The van der Waals surface area contributed by atoms with Gasteiger partial charge in [0, 0.05) is 18.4 Å². The molecule has 0 aliphatic heterocycles. The number of anilines is 1. The number of aryl methyl sites for hydroxylation is 1. The fourth-order valence-corrected chi connectivity index (χ4v) is 1.68. The highest BCUT2D eigenvalue weighted by molar-refractivity contribution is 6.29. The molecule has 2 aromatic rings. The van der Waals surface area contributed by atoms with E-state index >= 15 is 0 Å². The second-order valence-electron chi connectivity index (χ2n) is 4.08. The highest BCUT2D eigenvalue weighted by Crippen LogP contribution is 2.14. The van der Waals surface area contributed by atoms with E-state index in [4.69, 9.17) is 17.3 Å². The van der Waals surface area contributed by atoms with E-state index in [9.17, 15) is 4.79 Å². The summed E-state index contributed by atoms with van der Waals surface area (Å²) in [7, 11) is 0. The van der Waals surface area contributed by atoms with Gasteiger partial charge in [0.05, 0.1) is 17.4 Å². The van der Waals surface area contributed by atoms with Crippen molar-refractivity contribution in [3.63, 3.8) is 0 Å². The van der Waals surface area contributed by atoms with Crippen LogP contribution in [0.5, 0.6) is 0 Å². The third kappa shape index (κ3) is 3.42. The number of hydrogen-bond donors (Lipinski definition) is 2. The fourth-order valence-electron chi connectivity index (χ4n) is 1.52. The zero-order valence-corrected chi connectivity index (χ0v) is 11.1. The van der Waals surface area contributed by atoms with Gasteiger partial charge in [-0.05, 0) is 24.6 Å². The van der Waals surface area contributed by atoms with Crippen LogP contribution in [-0.4, -0.2) is 15.9 Å². The number of aromatic nitrogens is 2. The van der Waals surface area contributed by atoms with Crippen molar-refractivity contribution in [2.24, 2.45) is 0 Å². The summed E-state index contributed by atoms with van der Waals surface area (Å²) < 4.78 is 0. The number of amides is 1. The predicted molar refractivity (Wildman–Crippen MR) is 73.8 cm³/mol. The largest absolute Gasteiger partial charge is 0.397 e. The third-order valence-electron chi connectivity index (χ3n) is 2.57. The lowest BCUT2D eigenvalue weighted by molar-refractivity contribution is 0.0951. The average molecular weight is 277 g/mol. The molecule has 0 aromatic carbocycles. The van der Waals surface area contributed by atoms with Gasteiger partial charge in [0.25, 0.3) is 5.91 Å². The maximum Gasteiger partial charge on any atom is 0.253 e. The molecule has 2 rings (SSSR count). The number of pyridine rings is 2. The average Bonchev–Trinajstić information content (AvgIpc) is 2.40. The molecular weight excluding hydrogens is 264 g/mol. The van der Waals surface area contributed by atoms with Crippen molar-refractivity contribution in [1.82, 2.24) is 15.3 Å². The van der Waals surface area contributed by atoms with Crippen LogP contribution in [0.2, 0.25) is 5.15 Å². The second-order valence-corrected chi connectivity index (χ2v) is 4.47. The van der Waals surface area contributed by atoms with Gasteiger partial charge in [-0.3, -0.25) is 9.78 Å². The van der Waals surface area contributed by atoms with Gasteiger partial charge in [-0.15, -0.1) is 0 Å². The molecule has 0 spiro atoms. The van der Waals surface area contributed by atoms with Crippen LogP contribution in [0.25, 0.3) is 0 Å². The van der Waals surface area contributed by atoms with E-state index in [1.54, 1.807) is 6.20 Å². The van der Waals surface area contributed by atoms with Crippen molar-refractivity contribution in [3.05, 3.63) is 52.6 Å². The lowest BCUT2D eigenvalue weighted by Crippen LogP contribution is -2.24. The van der Waals surface area contributed by atoms with Crippen LogP contribution in [-0.2, 0) is 6.54 Å². The molecule has 19 heavy (non-hydrogen) atoms. The number of carbonyl (C=O) groups excluding carboxylic acids is 1. The normalized spacial score (nSPS) is 10.2. The minimum atomic E-state index is -0.289. The monoisotopic (exact) mass is 276 g/mol. The standard InChI is InChI=1S/C13H13ClN4O/c1-8-2-3-9(5-16-8)6-18-13(19)10-4-12(14)17-7-11(10)15/h2-5,7H,6,15H2,1H3,(H,18,19). The van der Waals surface area contributed by atoms with E-state index in [0.717, 1.165) is 11.3 Å². The smallest absolute Gasteiger partial charge is 0.253 e. The first-order valence-corrected chi connectivity index (χ1v) is 6.05. The van der Waals surface area contributed by atoms with Crippen LogP contribution >= 0.6 is 11.6 Å². The Morgan fingerprint density at radius 3 is 2.84 bits per heavy atom. The maximum atomic E-state index is 12.0. The molecule has 2 heterocycles. The van der Waals surface area contributed by atoms with E-state index < -0.39 is 0 Å². The van der Waals surface area contributed by atoms with Crippen molar-refractivity contribution in [2.75, 3.05) is 5.73 Å². The molecular formula is C13H13ClN4O. The summed E-state index contributed by atoms with van der Waals surface area (Å²) in [5.74, 6) is -0.289. The Morgan fingerprint density at radius 2 is 2.16 bits per heavy atom. The Kier molecular flexibility index (Phi) is 3.97. The van der Waals surface area contributed by atoms with Gasteiger partial charge in [-0.25, -0.2) is 4.98 Å². The number of nitrogens with one attached hydrogen (secondary N) is 1. The summed E-state index contributed by atoms with van der Waals surface area (Å²) in [6.07, 6.45) is 3.09. The molecule has 98 valence electrons. The van der Waals surface area contributed by atoms with Gasteiger partial charge in [0.1, 0.15) is 5.15 Å². The van der Waals surface area contributed by atoms with Gasteiger partial charge in [0.2, 0.25) is 0 Å². The molecule has 0 saturated heterocycles. The highest BCUT2D eigenvalue weighted by atomic mass is 35.5. The van der Waals surface area contributed by atoms with Gasteiger partial charge >= 0.3 is 0 Å². The fraction of sp³-hybridized carbons (Fsp3) is 0.154. The molecule has 1 amide bonds. The first-order chi connectivity index (χ1) is 9.06. The highest BCUT2D eigenvalue weighted by Gasteiger charge is 2.10. The van der Waals surface area contributed by atoms with Crippen molar-refractivity contribution >= 4 is 23.2 Å². The molecule has 0 radical (unpaired) electrons. The minimum absolute atomic E-state index is 0.233. The number of halogens is 1. The minimum Gasteiger partial charge on any atom is -0.397 e. The maximum absolute atomic E-state index is 12.0. The zero-order chi connectivity index (χ0) is 13.8.